The molecule has 0 fully saturated rings. The Morgan fingerprint density at radius 3 is 2.75 bits per heavy atom. The van der Waals surface area contributed by atoms with Gasteiger partial charge in [-0.15, -0.1) is 11.6 Å². The van der Waals surface area contributed by atoms with Crippen LogP contribution in [0.3, 0.4) is 0 Å². The van der Waals surface area contributed by atoms with E-state index in [1.54, 1.807) is 0 Å². The third-order valence-corrected chi connectivity index (χ3v) is 4.42. The maximum Gasteiger partial charge on any atom is 0.111 e. The zero-order valence-corrected chi connectivity index (χ0v) is 13.7. The van der Waals surface area contributed by atoms with Crippen LogP contribution in [0.4, 0.5) is 0 Å². The van der Waals surface area contributed by atoms with Gasteiger partial charge in [-0.3, -0.25) is 0 Å². The smallest absolute Gasteiger partial charge is 0.111 e. The number of thioether (sulfide) groups is 1. The van der Waals surface area contributed by atoms with Crippen molar-refractivity contribution in [2.24, 2.45) is 0 Å². The van der Waals surface area contributed by atoms with Gasteiger partial charge >= 0.3 is 0 Å². The van der Waals surface area contributed by atoms with Gasteiger partial charge in [0.25, 0.3) is 0 Å². The number of aryl methyl sites for hydroxylation is 2. The Morgan fingerprint density at radius 1 is 1.15 bits per heavy atom. The average Bonchev–Trinajstić information content (AvgIpc) is 2.81. The Labute approximate surface area is 130 Å². The van der Waals surface area contributed by atoms with Crippen LogP contribution in [-0.2, 0) is 13.0 Å². The molecule has 4 heteroatoms. The van der Waals surface area contributed by atoms with Gasteiger partial charge < -0.3 is 4.57 Å². The third-order valence-electron chi connectivity index (χ3n) is 3.53. The first-order chi connectivity index (χ1) is 9.86. The summed E-state index contributed by atoms with van der Waals surface area (Å²) in [5.74, 6) is 3.05. The molecule has 0 atom stereocenters. The SMILES string of the molecule is CSCCCCCCn1c(CCCl)nc2ccccc21. The van der Waals surface area contributed by atoms with Crippen molar-refractivity contribution in [3.63, 3.8) is 0 Å². The van der Waals surface area contributed by atoms with E-state index >= 15 is 0 Å². The summed E-state index contributed by atoms with van der Waals surface area (Å²) in [5, 5.41) is 0. The summed E-state index contributed by atoms with van der Waals surface area (Å²) in [6.45, 7) is 1.06. The van der Waals surface area contributed by atoms with Crippen LogP contribution in [0.2, 0.25) is 0 Å². The standard InChI is InChI=1S/C16H23ClN2S/c1-20-13-7-3-2-6-12-19-15-9-5-4-8-14(15)18-16(19)10-11-17/h4-5,8-9H,2-3,6-7,10-13H2,1H3. The highest BCUT2D eigenvalue weighted by atomic mass is 35.5. The van der Waals surface area contributed by atoms with Crippen LogP contribution in [0.1, 0.15) is 31.5 Å². The van der Waals surface area contributed by atoms with Crippen LogP contribution in [0.25, 0.3) is 11.0 Å². The number of nitrogens with zero attached hydrogens (tertiary/aromatic N) is 2. The van der Waals surface area contributed by atoms with Crippen LogP contribution < -0.4 is 0 Å². The molecule has 0 unspecified atom stereocenters. The van der Waals surface area contributed by atoms with Crippen LogP contribution >= 0.6 is 23.4 Å². The first-order valence-electron chi connectivity index (χ1n) is 7.36. The Morgan fingerprint density at radius 2 is 1.95 bits per heavy atom. The van der Waals surface area contributed by atoms with Crippen molar-refractivity contribution >= 4 is 34.4 Å². The number of imidazole rings is 1. The van der Waals surface area contributed by atoms with Crippen molar-refractivity contribution in [2.75, 3.05) is 17.9 Å². The van der Waals surface area contributed by atoms with Crippen molar-refractivity contribution in [1.29, 1.82) is 0 Å². The third kappa shape index (κ3) is 4.16. The molecule has 1 heterocycles. The molecule has 2 nitrogen and oxygen atoms in total. The summed E-state index contributed by atoms with van der Waals surface area (Å²) in [7, 11) is 0. The lowest BCUT2D eigenvalue weighted by molar-refractivity contribution is 0.578. The summed E-state index contributed by atoms with van der Waals surface area (Å²) in [5.41, 5.74) is 2.34. The van der Waals surface area contributed by atoms with E-state index in [2.05, 4.69) is 29.0 Å². The van der Waals surface area contributed by atoms with Gasteiger partial charge in [0.05, 0.1) is 11.0 Å². The fourth-order valence-corrected chi connectivity index (χ4v) is 3.18. The minimum Gasteiger partial charge on any atom is -0.328 e. The van der Waals surface area contributed by atoms with E-state index < -0.39 is 0 Å². The summed E-state index contributed by atoms with van der Waals surface area (Å²) in [4.78, 5) is 4.71. The van der Waals surface area contributed by atoms with Crippen LogP contribution in [0.15, 0.2) is 24.3 Å². The molecule has 20 heavy (non-hydrogen) atoms. The summed E-state index contributed by atoms with van der Waals surface area (Å²) in [6.07, 6.45) is 8.22. The Balaban J connectivity index is 1.98. The number of aromatic nitrogens is 2. The highest BCUT2D eigenvalue weighted by molar-refractivity contribution is 7.98. The summed E-state index contributed by atoms with van der Waals surface area (Å²) < 4.78 is 2.35. The molecule has 0 amide bonds. The number of para-hydroxylation sites is 2. The number of hydrogen-bond acceptors (Lipinski definition) is 2. The largest absolute Gasteiger partial charge is 0.328 e. The van der Waals surface area contributed by atoms with Crippen molar-refractivity contribution in [3.8, 4) is 0 Å². The number of alkyl halides is 1. The molecule has 1 aromatic carbocycles. The highest BCUT2D eigenvalue weighted by Gasteiger charge is 2.09. The van der Waals surface area contributed by atoms with E-state index in [1.165, 1.54) is 37.0 Å². The Kier molecular flexibility index (Phi) is 6.74. The van der Waals surface area contributed by atoms with Gasteiger partial charge in [0.2, 0.25) is 0 Å². The van der Waals surface area contributed by atoms with E-state index in [1.807, 2.05) is 17.8 Å². The molecule has 0 bridgehead atoms. The van der Waals surface area contributed by atoms with Crippen LogP contribution in [0.5, 0.6) is 0 Å². The fourth-order valence-electron chi connectivity index (χ4n) is 2.52. The van der Waals surface area contributed by atoms with Gasteiger partial charge in [0.1, 0.15) is 5.82 Å². The molecular weight excluding hydrogens is 288 g/mol. The van der Waals surface area contributed by atoms with Gasteiger partial charge in [-0.05, 0) is 37.0 Å². The molecule has 0 saturated heterocycles. The zero-order valence-electron chi connectivity index (χ0n) is 12.1. The van der Waals surface area contributed by atoms with Crippen LogP contribution in [-0.4, -0.2) is 27.4 Å². The second-order valence-corrected chi connectivity index (χ2v) is 6.38. The molecule has 0 radical (unpaired) electrons. The molecule has 0 saturated carbocycles. The summed E-state index contributed by atoms with van der Waals surface area (Å²) in [6, 6.07) is 8.38. The predicted molar refractivity (Wildman–Crippen MR) is 91.0 cm³/mol. The Bertz CT molecular complexity index is 524. The lowest BCUT2D eigenvalue weighted by Crippen LogP contribution is -2.05. The van der Waals surface area contributed by atoms with Crippen LogP contribution in [0, 0.1) is 0 Å². The minimum absolute atomic E-state index is 0.636. The number of rotatable bonds is 9. The number of halogens is 1. The normalized spacial score (nSPS) is 11.3. The molecule has 0 aliphatic carbocycles. The number of benzene rings is 1. The van der Waals surface area contributed by atoms with Crippen molar-refractivity contribution in [1.82, 2.24) is 9.55 Å². The average molecular weight is 311 g/mol. The van der Waals surface area contributed by atoms with Crippen molar-refractivity contribution < 1.29 is 0 Å². The second kappa shape index (κ2) is 8.58. The second-order valence-electron chi connectivity index (χ2n) is 5.01. The van der Waals surface area contributed by atoms with E-state index in [-0.39, 0.29) is 0 Å². The Hall–Kier alpha value is -0.670. The van der Waals surface area contributed by atoms with Gasteiger partial charge in [-0.2, -0.15) is 11.8 Å². The lowest BCUT2D eigenvalue weighted by Gasteiger charge is -2.08. The minimum atomic E-state index is 0.636. The molecule has 1 aromatic heterocycles. The van der Waals surface area contributed by atoms with E-state index in [0.717, 1.165) is 24.3 Å². The lowest BCUT2D eigenvalue weighted by atomic mass is 10.2. The van der Waals surface area contributed by atoms with Gasteiger partial charge in [-0.25, -0.2) is 4.98 Å². The molecule has 0 aliphatic heterocycles. The highest BCUT2D eigenvalue weighted by Crippen LogP contribution is 2.18. The van der Waals surface area contributed by atoms with E-state index in [0.29, 0.717) is 5.88 Å². The maximum atomic E-state index is 5.90. The fraction of sp³-hybridized carbons (Fsp3) is 0.562. The monoisotopic (exact) mass is 310 g/mol. The molecule has 2 rings (SSSR count). The molecule has 0 aliphatic rings. The van der Waals surface area contributed by atoms with Crippen molar-refractivity contribution in [2.45, 2.75) is 38.6 Å². The quantitative estimate of drug-likeness (QED) is 0.492. The van der Waals surface area contributed by atoms with E-state index in [9.17, 15) is 0 Å². The van der Waals surface area contributed by atoms with E-state index in [4.69, 9.17) is 16.6 Å². The number of fused-ring (bicyclic) bond motifs is 1. The topological polar surface area (TPSA) is 17.8 Å². The number of unbranched alkanes of at least 4 members (excludes halogenated alkanes) is 3. The first-order valence-corrected chi connectivity index (χ1v) is 9.28. The van der Waals surface area contributed by atoms with Gasteiger partial charge in [0.15, 0.2) is 0 Å². The molecule has 2 aromatic rings. The van der Waals surface area contributed by atoms with Gasteiger partial charge in [0, 0.05) is 18.8 Å². The summed E-state index contributed by atoms with van der Waals surface area (Å²) >= 11 is 7.84. The predicted octanol–water partition coefficient (Wildman–Crippen LogP) is 4.74. The molecule has 0 N–H and O–H groups in total. The number of hydrogen-bond donors (Lipinski definition) is 0. The molecule has 0 spiro atoms. The zero-order chi connectivity index (χ0) is 14.2. The molecular formula is C16H23ClN2S. The van der Waals surface area contributed by atoms with Crippen molar-refractivity contribution in [3.05, 3.63) is 30.1 Å². The van der Waals surface area contributed by atoms with Gasteiger partial charge in [-0.1, -0.05) is 25.0 Å². The molecule has 110 valence electrons. The maximum absolute atomic E-state index is 5.90. The first kappa shape index (κ1) is 15.7.